The minimum Gasteiger partial charge on any atom is -0.319 e. The number of piperidine rings is 1. The van der Waals surface area contributed by atoms with Gasteiger partial charge in [0.1, 0.15) is 0 Å². The summed E-state index contributed by atoms with van der Waals surface area (Å²) in [7, 11) is 2.03. The standard InChI is InChI=1S/C15H21N3/c1-17-11-13-5-7-18(8-6-13)12-15-4-2-3-14(9-15)10-16/h2-4,9,13,17H,5-8,11-12H2,1H3. The highest BCUT2D eigenvalue weighted by molar-refractivity contribution is 5.32. The molecule has 0 unspecified atom stereocenters. The van der Waals surface area contributed by atoms with Gasteiger partial charge >= 0.3 is 0 Å². The van der Waals surface area contributed by atoms with Crippen molar-refractivity contribution in [2.75, 3.05) is 26.7 Å². The first-order valence-electron chi connectivity index (χ1n) is 6.68. The largest absolute Gasteiger partial charge is 0.319 e. The average Bonchev–Trinajstić information content (AvgIpc) is 2.42. The fourth-order valence-corrected chi connectivity index (χ4v) is 2.63. The summed E-state index contributed by atoms with van der Waals surface area (Å²) in [5.74, 6) is 0.830. The summed E-state index contributed by atoms with van der Waals surface area (Å²) in [4.78, 5) is 2.49. The molecule has 1 aliphatic rings. The quantitative estimate of drug-likeness (QED) is 0.879. The van der Waals surface area contributed by atoms with E-state index >= 15 is 0 Å². The van der Waals surface area contributed by atoms with E-state index in [9.17, 15) is 0 Å². The van der Waals surface area contributed by atoms with Gasteiger partial charge < -0.3 is 5.32 Å². The van der Waals surface area contributed by atoms with Crippen LogP contribution in [0.15, 0.2) is 24.3 Å². The lowest BCUT2D eigenvalue weighted by atomic mass is 9.96. The van der Waals surface area contributed by atoms with Gasteiger partial charge in [-0.15, -0.1) is 0 Å². The van der Waals surface area contributed by atoms with Crippen LogP contribution in [0.1, 0.15) is 24.0 Å². The van der Waals surface area contributed by atoms with Crippen LogP contribution in [-0.2, 0) is 6.54 Å². The first-order chi connectivity index (χ1) is 8.81. The maximum atomic E-state index is 8.89. The zero-order chi connectivity index (χ0) is 12.8. The van der Waals surface area contributed by atoms with E-state index in [1.807, 2.05) is 25.2 Å². The van der Waals surface area contributed by atoms with Gasteiger partial charge in [0.25, 0.3) is 0 Å². The van der Waals surface area contributed by atoms with Crippen LogP contribution in [0.5, 0.6) is 0 Å². The Kier molecular flexibility index (Phi) is 4.74. The van der Waals surface area contributed by atoms with Crippen LogP contribution in [0.25, 0.3) is 0 Å². The van der Waals surface area contributed by atoms with Crippen LogP contribution >= 0.6 is 0 Å². The Morgan fingerprint density at radius 2 is 2.17 bits per heavy atom. The molecule has 0 saturated carbocycles. The van der Waals surface area contributed by atoms with Gasteiger partial charge in [-0.2, -0.15) is 5.26 Å². The van der Waals surface area contributed by atoms with Gasteiger partial charge in [0, 0.05) is 6.54 Å². The van der Waals surface area contributed by atoms with Gasteiger partial charge in [-0.05, 0) is 63.1 Å². The molecule has 2 rings (SSSR count). The zero-order valence-electron chi connectivity index (χ0n) is 11.0. The highest BCUT2D eigenvalue weighted by Crippen LogP contribution is 2.18. The normalized spacial score (nSPS) is 17.6. The molecule has 1 fully saturated rings. The van der Waals surface area contributed by atoms with Gasteiger partial charge in [-0.3, -0.25) is 4.90 Å². The lowest BCUT2D eigenvalue weighted by molar-refractivity contribution is 0.177. The van der Waals surface area contributed by atoms with Gasteiger partial charge in [-0.25, -0.2) is 0 Å². The smallest absolute Gasteiger partial charge is 0.0991 e. The Bertz CT molecular complexity index is 414. The predicted molar refractivity (Wildman–Crippen MR) is 73.1 cm³/mol. The summed E-state index contributed by atoms with van der Waals surface area (Å²) in [5, 5.41) is 12.2. The minimum atomic E-state index is 0.762. The topological polar surface area (TPSA) is 39.1 Å². The van der Waals surface area contributed by atoms with Crippen molar-refractivity contribution in [3.63, 3.8) is 0 Å². The molecule has 3 heteroatoms. The highest BCUT2D eigenvalue weighted by atomic mass is 15.1. The predicted octanol–water partition coefficient (Wildman–Crippen LogP) is 1.99. The molecule has 0 atom stereocenters. The van der Waals surface area contributed by atoms with Crippen LogP contribution in [0.4, 0.5) is 0 Å². The molecule has 0 amide bonds. The van der Waals surface area contributed by atoms with Gasteiger partial charge in [0.2, 0.25) is 0 Å². The third-order valence-corrected chi connectivity index (χ3v) is 3.66. The van der Waals surface area contributed by atoms with Crippen molar-refractivity contribution in [3.8, 4) is 6.07 Å². The molecule has 0 bridgehead atoms. The first kappa shape index (κ1) is 13.1. The highest BCUT2D eigenvalue weighted by Gasteiger charge is 2.18. The molecule has 1 N–H and O–H groups in total. The number of nitrogens with zero attached hydrogens (tertiary/aromatic N) is 2. The molecule has 1 saturated heterocycles. The van der Waals surface area contributed by atoms with Crippen molar-refractivity contribution in [2.24, 2.45) is 5.92 Å². The van der Waals surface area contributed by atoms with E-state index in [4.69, 9.17) is 5.26 Å². The molecule has 0 spiro atoms. The number of nitrogens with one attached hydrogen (secondary N) is 1. The Hall–Kier alpha value is -1.37. The van der Waals surface area contributed by atoms with E-state index in [-0.39, 0.29) is 0 Å². The molecule has 0 aromatic heterocycles. The third kappa shape index (κ3) is 3.56. The Morgan fingerprint density at radius 1 is 1.39 bits per heavy atom. The van der Waals surface area contributed by atoms with E-state index in [1.54, 1.807) is 0 Å². The van der Waals surface area contributed by atoms with Crippen LogP contribution < -0.4 is 5.32 Å². The summed E-state index contributed by atoms with van der Waals surface area (Å²) in [6, 6.07) is 10.2. The molecule has 96 valence electrons. The molecule has 0 radical (unpaired) electrons. The Balaban J connectivity index is 1.86. The van der Waals surface area contributed by atoms with Crippen molar-refractivity contribution in [1.82, 2.24) is 10.2 Å². The lowest BCUT2D eigenvalue weighted by Crippen LogP contribution is -2.36. The van der Waals surface area contributed by atoms with Crippen molar-refractivity contribution < 1.29 is 0 Å². The number of rotatable bonds is 4. The first-order valence-corrected chi connectivity index (χ1v) is 6.68. The van der Waals surface area contributed by atoms with E-state index in [1.165, 1.54) is 31.5 Å². The summed E-state index contributed by atoms with van der Waals surface area (Å²) in [5.41, 5.74) is 2.01. The molecule has 3 nitrogen and oxygen atoms in total. The third-order valence-electron chi connectivity index (χ3n) is 3.66. The summed E-state index contributed by atoms with van der Waals surface area (Å²) >= 11 is 0. The van der Waals surface area contributed by atoms with Gasteiger partial charge in [0.15, 0.2) is 0 Å². The molecular weight excluding hydrogens is 222 g/mol. The van der Waals surface area contributed by atoms with E-state index in [0.717, 1.165) is 24.6 Å². The van der Waals surface area contributed by atoms with Gasteiger partial charge in [0.05, 0.1) is 11.6 Å². The Morgan fingerprint density at radius 3 is 2.83 bits per heavy atom. The molecule has 1 heterocycles. The minimum absolute atomic E-state index is 0.762. The second-order valence-electron chi connectivity index (χ2n) is 5.09. The number of hydrogen-bond acceptors (Lipinski definition) is 3. The van der Waals surface area contributed by atoms with Crippen LogP contribution in [0.2, 0.25) is 0 Å². The molecule has 1 aromatic rings. The second kappa shape index (κ2) is 6.53. The van der Waals surface area contributed by atoms with E-state index < -0.39 is 0 Å². The van der Waals surface area contributed by atoms with Crippen molar-refractivity contribution >= 4 is 0 Å². The molecule has 1 aliphatic heterocycles. The maximum Gasteiger partial charge on any atom is 0.0991 e. The summed E-state index contributed by atoms with van der Waals surface area (Å²) in [6.07, 6.45) is 2.55. The fraction of sp³-hybridized carbons (Fsp3) is 0.533. The summed E-state index contributed by atoms with van der Waals surface area (Å²) in [6.45, 7) is 4.45. The molecule has 18 heavy (non-hydrogen) atoms. The molecular formula is C15H21N3. The monoisotopic (exact) mass is 243 g/mol. The van der Waals surface area contributed by atoms with E-state index in [2.05, 4.69) is 22.4 Å². The molecule has 0 aliphatic carbocycles. The van der Waals surface area contributed by atoms with E-state index in [0.29, 0.717) is 0 Å². The number of benzene rings is 1. The van der Waals surface area contributed by atoms with Crippen LogP contribution in [0.3, 0.4) is 0 Å². The molecule has 1 aromatic carbocycles. The number of hydrogen-bond donors (Lipinski definition) is 1. The maximum absolute atomic E-state index is 8.89. The van der Waals surface area contributed by atoms with Crippen molar-refractivity contribution in [1.29, 1.82) is 5.26 Å². The van der Waals surface area contributed by atoms with Crippen LogP contribution in [-0.4, -0.2) is 31.6 Å². The lowest BCUT2D eigenvalue weighted by Gasteiger charge is -2.31. The van der Waals surface area contributed by atoms with Crippen molar-refractivity contribution in [3.05, 3.63) is 35.4 Å². The number of nitriles is 1. The summed E-state index contributed by atoms with van der Waals surface area (Å²) < 4.78 is 0. The number of likely N-dealkylation sites (tertiary alicyclic amines) is 1. The zero-order valence-corrected chi connectivity index (χ0v) is 11.0. The fourth-order valence-electron chi connectivity index (χ4n) is 2.63. The SMILES string of the molecule is CNCC1CCN(Cc2cccc(C#N)c2)CC1. The van der Waals surface area contributed by atoms with Crippen LogP contribution in [0, 0.1) is 17.2 Å². The average molecular weight is 243 g/mol. The van der Waals surface area contributed by atoms with Gasteiger partial charge in [-0.1, -0.05) is 12.1 Å². The second-order valence-corrected chi connectivity index (χ2v) is 5.09. The Labute approximate surface area is 109 Å². The van der Waals surface area contributed by atoms with Crippen molar-refractivity contribution in [2.45, 2.75) is 19.4 Å².